The Labute approximate surface area is 174 Å². The number of imidazole rings is 1. The van der Waals surface area contributed by atoms with E-state index in [1.165, 1.54) is 0 Å². The quantitative estimate of drug-likeness (QED) is 0.514. The minimum Gasteiger partial charge on any atom is -0.342 e. The number of fused-ring (bicyclic) bond motifs is 2. The maximum absolute atomic E-state index is 12.5. The number of rotatable bonds is 7. The topological polar surface area (TPSA) is 71.6 Å². The van der Waals surface area contributed by atoms with Crippen LogP contribution in [-0.4, -0.2) is 43.8 Å². The smallest absolute Gasteiger partial charge is 0.242 e. The number of nitrogens with one attached hydrogen (secondary N) is 1. The van der Waals surface area contributed by atoms with Gasteiger partial charge in [-0.05, 0) is 50.2 Å². The molecule has 0 bridgehead atoms. The molecule has 3 aromatic heterocycles. The molecule has 30 heavy (non-hydrogen) atoms. The fourth-order valence-corrected chi connectivity index (χ4v) is 3.68. The van der Waals surface area contributed by atoms with Gasteiger partial charge < -0.3 is 19.2 Å². The summed E-state index contributed by atoms with van der Waals surface area (Å²) in [5.41, 5.74) is 3.24. The Morgan fingerprint density at radius 3 is 2.67 bits per heavy atom. The highest BCUT2D eigenvalue weighted by Crippen LogP contribution is 2.21. The van der Waals surface area contributed by atoms with Crippen molar-refractivity contribution in [3.63, 3.8) is 0 Å². The number of likely N-dealkylation sites (N-methyl/N-ethyl adjacent to an activating group) is 1. The van der Waals surface area contributed by atoms with Crippen LogP contribution in [0, 0.1) is 0 Å². The van der Waals surface area contributed by atoms with Crippen LogP contribution in [0.15, 0.2) is 61.1 Å². The van der Waals surface area contributed by atoms with E-state index in [0.29, 0.717) is 19.6 Å². The van der Waals surface area contributed by atoms with Gasteiger partial charge in [-0.25, -0.2) is 4.98 Å². The highest BCUT2D eigenvalue weighted by molar-refractivity contribution is 5.95. The van der Waals surface area contributed by atoms with Gasteiger partial charge in [0.2, 0.25) is 11.8 Å². The van der Waals surface area contributed by atoms with Gasteiger partial charge in [0.1, 0.15) is 12.2 Å². The maximum Gasteiger partial charge on any atom is 0.242 e. The molecule has 0 saturated heterocycles. The van der Waals surface area contributed by atoms with Gasteiger partial charge in [0.25, 0.3) is 0 Å². The van der Waals surface area contributed by atoms with Crippen LogP contribution in [0.5, 0.6) is 0 Å². The number of carbonyl (C=O) groups is 2. The van der Waals surface area contributed by atoms with Gasteiger partial charge in [-0.15, -0.1) is 0 Å². The zero-order valence-corrected chi connectivity index (χ0v) is 17.2. The van der Waals surface area contributed by atoms with E-state index in [2.05, 4.69) is 10.3 Å². The number of aromatic nitrogens is 3. The van der Waals surface area contributed by atoms with Gasteiger partial charge in [0.15, 0.2) is 0 Å². The van der Waals surface area contributed by atoms with Crippen molar-refractivity contribution in [3.8, 4) is 0 Å². The molecular weight excluding hydrogens is 378 g/mol. The highest BCUT2D eigenvalue weighted by atomic mass is 16.2. The molecule has 0 unspecified atom stereocenters. The number of pyridine rings is 1. The molecule has 0 atom stereocenters. The predicted molar refractivity (Wildman–Crippen MR) is 117 cm³/mol. The van der Waals surface area contributed by atoms with Crippen molar-refractivity contribution in [1.82, 2.24) is 18.9 Å². The molecule has 7 nitrogen and oxygen atoms in total. The van der Waals surface area contributed by atoms with Crippen LogP contribution >= 0.6 is 0 Å². The minimum absolute atomic E-state index is 0.0994. The SMILES string of the molecule is CCN(CC)C(=O)Cn1ccc2cc(NC(=O)Cc3cn4ccccc4n3)ccc21. The van der Waals surface area contributed by atoms with E-state index in [1.54, 1.807) is 0 Å². The van der Waals surface area contributed by atoms with Crippen LogP contribution in [0.3, 0.4) is 0 Å². The second kappa shape index (κ2) is 8.41. The summed E-state index contributed by atoms with van der Waals surface area (Å²) in [7, 11) is 0. The van der Waals surface area contributed by atoms with Crippen molar-refractivity contribution in [2.24, 2.45) is 0 Å². The summed E-state index contributed by atoms with van der Waals surface area (Å²) in [5.74, 6) is -0.0174. The average Bonchev–Trinajstić information content (AvgIpc) is 3.32. The van der Waals surface area contributed by atoms with Crippen LogP contribution in [-0.2, 0) is 22.6 Å². The third-order valence-corrected chi connectivity index (χ3v) is 5.23. The standard InChI is InChI=1S/C23H25N5O2/c1-3-26(4-2)23(30)16-27-12-10-17-13-18(8-9-20(17)27)25-22(29)14-19-15-28-11-6-5-7-21(28)24-19/h5-13,15H,3-4,14,16H2,1-2H3,(H,25,29). The highest BCUT2D eigenvalue weighted by Gasteiger charge is 2.13. The molecule has 7 heteroatoms. The van der Waals surface area contributed by atoms with Crippen molar-refractivity contribution in [3.05, 3.63) is 66.7 Å². The molecule has 0 spiro atoms. The minimum atomic E-state index is -0.117. The number of nitrogens with zero attached hydrogens (tertiary/aromatic N) is 4. The first-order chi connectivity index (χ1) is 14.6. The van der Waals surface area contributed by atoms with Crippen molar-refractivity contribution < 1.29 is 9.59 Å². The number of anilines is 1. The number of benzene rings is 1. The number of amides is 2. The Morgan fingerprint density at radius 2 is 1.90 bits per heavy atom. The lowest BCUT2D eigenvalue weighted by Gasteiger charge is -2.19. The largest absolute Gasteiger partial charge is 0.342 e. The van der Waals surface area contributed by atoms with Crippen molar-refractivity contribution in [2.75, 3.05) is 18.4 Å². The lowest BCUT2D eigenvalue weighted by Crippen LogP contribution is -2.33. The van der Waals surface area contributed by atoms with E-state index < -0.39 is 0 Å². The third kappa shape index (κ3) is 4.05. The second-order valence-electron chi connectivity index (χ2n) is 7.21. The Morgan fingerprint density at radius 1 is 1.07 bits per heavy atom. The van der Waals surface area contributed by atoms with Gasteiger partial charge in [-0.1, -0.05) is 6.07 Å². The summed E-state index contributed by atoms with van der Waals surface area (Å²) < 4.78 is 3.84. The van der Waals surface area contributed by atoms with Crippen LogP contribution in [0.1, 0.15) is 19.5 Å². The zero-order valence-electron chi connectivity index (χ0n) is 17.2. The molecule has 0 aliphatic carbocycles. The van der Waals surface area contributed by atoms with E-state index in [1.807, 2.05) is 88.8 Å². The van der Waals surface area contributed by atoms with E-state index in [0.717, 1.165) is 27.9 Å². The molecule has 154 valence electrons. The second-order valence-corrected chi connectivity index (χ2v) is 7.21. The molecule has 4 rings (SSSR count). The molecule has 0 saturated carbocycles. The molecular formula is C23H25N5O2. The van der Waals surface area contributed by atoms with Gasteiger partial charge in [-0.2, -0.15) is 0 Å². The zero-order chi connectivity index (χ0) is 21.1. The third-order valence-electron chi connectivity index (χ3n) is 5.23. The Hall–Kier alpha value is -3.61. The van der Waals surface area contributed by atoms with Gasteiger partial charge in [0, 0.05) is 48.3 Å². The molecule has 1 aromatic carbocycles. The Balaban J connectivity index is 1.44. The lowest BCUT2D eigenvalue weighted by atomic mass is 10.2. The van der Waals surface area contributed by atoms with E-state index in [9.17, 15) is 9.59 Å². The summed E-state index contributed by atoms with van der Waals surface area (Å²) in [6.07, 6.45) is 5.89. The Kier molecular flexibility index (Phi) is 5.52. The summed E-state index contributed by atoms with van der Waals surface area (Å²) in [5, 5.41) is 3.92. The summed E-state index contributed by atoms with van der Waals surface area (Å²) >= 11 is 0. The van der Waals surface area contributed by atoms with Crippen LogP contribution in [0.25, 0.3) is 16.6 Å². The fourth-order valence-electron chi connectivity index (χ4n) is 3.68. The van der Waals surface area contributed by atoms with Crippen molar-refractivity contribution in [2.45, 2.75) is 26.8 Å². The van der Waals surface area contributed by atoms with Crippen LogP contribution in [0.4, 0.5) is 5.69 Å². The van der Waals surface area contributed by atoms with Gasteiger partial charge in [-0.3, -0.25) is 9.59 Å². The molecule has 3 heterocycles. The van der Waals surface area contributed by atoms with Crippen molar-refractivity contribution >= 4 is 34.1 Å². The molecule has 0 aliphatic rings. The first kappa shape index (κ1) is 19.7. The Bertz CT molecular complexity index is 1170. The molecule has 0 fully saturated rings. The first-order valence-electron chi connectivity index (χ1n) is 10.2. The molecule has 2 amide bonds. The van der Waals surface area contributed by atoms with Crippen molar-refractivity contribution in [1.29, 1.82) is 0 Å². The van der Waals surface area contributed by atoms with E-state index in [4.69, 9.17) is 0 Å². The number of carbonyl (C=O) groups excluding carboxylic acids is 2. The number of hydrogen-bond donors (Lipinski definition) is 1. The summed E-state index contributed by atoms with van der Waals surface area (Å²) in [4.78, 5) is 31.2. The normalized spacial score (nSPS) is 11.1. The molecule has 0 radical (unpaired) electrons. The average molecular weight is 403 g/mol. The van der Waals surface area contributed by atoms with E-state index in [-0.39, 0.29) is 18.2 Å². The van der Waals surface area contributed by atoms with Crippen LogP contribution < -0.4 is 5.32 Å². The monoisotopic (exact) mass is 403 g/mol. The van der Waals surface area contributed by atoms with Gasteiger partial charge >= 0.3 is 0 Å². The molecule has 4 aromatic rings. The number of hydrogen-bond acceptors (Lipinski definition) is 3. The molecule has 1 N–H and O–H groups in total. The summed E-state index contributed by atoms with van der Waals surface area (Å²) in [6.45, 7) is 5.69. The van der Waals surface area contributed by atoms with E-state index >= 15 is 0 Å². The lowest BCUT2D eigenvalue weighted by molar-refractivity contribution is -0.131. The predicted octanol–water partition coefficient (Wildman–Crippen LogP) is 3.34. The maximum atomic E-state index is 12.5. The fraction of sp³-hybridized carbons (Fsp3) is 0.261. The molecule has 0 aliphatic heterocycles. The van der Waals surface area contributed by atoms with Crippen LogP contribution in [0.2, 0.25) is 0 Å². The summed E-state index contributed by atoms with van der Waals surface area (Å²) in [6, 6.07) is 13.4. The van der Waals surface area contributed by atoms with Gasteiger partial charge in [0.05, 0.1) is 12.1 Å². The first-order valence-corrected chi connectivity index (χ1v) is 10.2.